The summed E-state index contributed by atoms with van der Waals surface area (Å²) in [6.45, 7) is 6.25. The number of nitrogens with one attached hydrogen (secondary N) is 1. The quantitative estimate of drug-likeness (QED) is 0.741. The Labute approximate surface area is 124 Å². The molecule has 0 fully saturated rings. The third-order valence-corrected chi connectivity index (χ3v) is 4.24. The Morgan fingerprint density at radius 2 is 2.05 bits per heavy atom. The summed E-state index contributed by atoms with van der Waals surface area (Å²) in [6, 6.07) is 11.4. The van der Waals surface area contributed by atoms with Crippen LogP contribution in [-0.2, 0) is 13.1 Å². The summed E-state index contributed by atoms with van der Waals surface area (Å²) in [5.41, 5.74) is 4.07. The van der Waals surface area contributed by atoms with Crippen LogP contribution in [0.25, 0.3) is 10.9 Å². The van der Waals surface area contributed by atoms with E-state index >= 15 is 0 Å². The van der Waals surface area contributed by atoms with Gasteiger partial charge in [-0.25, -0.2) is 0 Å². The van der Waals surface area contributed by atoms with E-state index < -0.39 is 0 Å². The van der Waals surface area contributed by atoms with E-state index in [9.17, 15) is 0 Å². The average molecular weight is 284 g/mol. The first-order valence-electron chi connectivity index (χ1n) is 7.05. The van der Waals surface area contributed by atoms with E-state index in [0.29, 0.717) is 6.04 Å². The number of benzene rings is 1. The van der Waals surface area contributed by atoms with Crippen molar-refractivity contribution in [2.24, 2.45) is 0 Å². The highest BCUT2D eigenvalue weighted by Gasteiger charge is 2.08. The maximum Gasteiger partial charge on any atom is 0.0486 e. The molecule has 104 valence electrons. The predicted octanol–water partition coefficient (Wildman–Crippen LogP) is 4.25. The molecule has 0 bridgehead atoms. The van der Waals surface area contributed by atoms with E-state index in [1.165, 1.54) is 22.0 Å². The van der Waals surface area contributed by atoms with Gasteiger partial charge in [0, 0.05) is 36.2 Å². The molecule has 1 N–H and O–H groups in total. The third-order valence-electron chi connectivity index (χ3n) is 3.50. The smallest absolute Gasteiger partial charge is 0.0486 e. The molecule has 0 spiro atoms. The molecular formula is C17H20N2S. The molecule has 0 radical (unpaired) electrons. The van der Waals surface area contributed by atoms with Gasteiger partial charge in [-0.05, 0) is 34.0 Å². The van der Waals surface area contributed by atoms with Crippen molar-refractivity contribution >= 4 is 22.2 Å². The van der Waals surface area contributed by atoms with Gasteiger partial charge in [0.1, 0.15) is 0 Å². The van der Waals surface area contributed by atoms with Crippen molar-refractivity contribution in [2.45, 2.75) is 33.0 Å². The van der Waals surface area contributed by atoms with Gasteiger partial charge in [-0.3, -0.25) is 0 Å². The van der Waals surface area contributed by atoms with Gasteiger partial charge in [0.2, 0.25) is 0 Å². The number of hydrogen-bond acceptors (Lipinski definition) is 2. The standard InChI is InChI=1S/C17H20N2S/c1-13(2)18-9-15-11-19(10-14-7-8-20-12-14)17-6-4-3-5-16(15)17/h3-8,11-13,18H,9-10H2,1-2H3. The lowest BCUT2D eigenvalue weighted by Crippen LogP contribution is -2.21. The topological polar surface area (TPSA) is 17.0 Å². The van der Waals surface area contributed by atoms with E-state index in [1.807, 2.05) is 0 Å². The highest BCUT2D eigenvalue weighted by molar-refractivity contribution is 7.07. The van der Waals surface area contributed by atoms with Crippen LogP contribution in [0.4, 0.5) is 0 Å². The van der Waals surface area contributed by atoms with E-state index in [-0.39, 0.29) is 0 Å². The number of para-hydroxylation sites is 1. The molecule has 0 saturated carbocycles. The molecule has 2 heterocycles. The Balaban J connectivity index is 1.95. The van der Waals surface area contributed by atoms with Gasteiger partial charge in [0.25, 0.3) is 0 Å². The predicted molar refractivity (Wildman–Crippen MR) is 87.3 cm³/mol. The van der Waals surface area contributed by atoms with Gasteiger partial charge in [-0.15, -0.1) is 0 Å². The van der Waals surface area contributed by atoms with Gasteiger partial charge >= 0.3 is 0 Å². The molecule has 3 aromatic rings. The van der Waals surface area contributed by atoms with Crippen molar-refractivity contribution in [2.75, 3.05) is 0 Å². The van der Waals surface area contributed by atoms with Crippen molar-refractivity contribution in [1.82, 2.24) is 9.88 Å². The SMILES string of the molecule is CC(C)NCc1cn(Cc2ccsc2)c2ccccc12. The number of aromatic nitrogens is 1. The van der Waals surface area contributed by atoms with Crippen LogP contribution in [-0.4, -0.2) is 10.6 Å². The Kier molecular flexibility index (Phi) is 3.90. The highest BCUT2D eigenvalue weighted by Crippen LogP contribution is 2.23. The second-order valence-corrected chi connectivity index (χ2v) is 6.25. The maximum atomic E-state index is 3.51. The molecule has 3 rings (SSSR count). The first-order valence-corrected chi connectivity index (χ1v) is 7.99. The van der Waals surface area contributed by atoms with Gasteiger partial charge in [-0.1, -0.05) is 32.0 Å². The van der Waals surface area contributed by atoms with Crippen molar-refractivity contribution in [3.05, 3.63) is 58.4 Å². The van der Waals surface area contributed by atoms with Crippen LogP contribution in [0.1, 0.15) is 25.0 Å². The fourth-order valence-electron chi connectivity index (χ4n) is 2.49. The lowest BCUT2D eigenvalue weighted by molar-refractivity contribution is 0.589. The summed E-state index contributed by atoms with van der Waals surface area (Å²) in [6.07, 6.45) is 2.29. The number of fused-ring (bicyclic) bond motifs is 1. The summed E-state index contributed by atoms with van der Waals surface area (Å²) in [7, 11) is 0. The molecule has 0 aliphatic rings. The Hall–Kier alpha value is -1.58. The van der Waals surface area contributed by atoms with Gasteiger partial charge in [0.15, 0.2) is 0 Å². The molecule has 3 heteroatoms. The Morgan fingerprint density at radius 1 is 1.20 bits per heavy atom. The summed E-state index contributed by atoms with van der Waals surface area (Å²) in [5, 5.41) is 9.24. The molecule has 20 heavy (non-hydrogen) atoms. The van der Waals surface area contributed by atoms with Crippen molar-refractivity contribution in [3.8, 4) is 0 Å². The molecule has 0 unspecified atom stereocenters. The average Bonchev–Trinajstić information content (AvgIpc) is 3.06. The van der Waals surface area contributed by atoms with Crippen LogP contribution in [0.3, 0.4) is 0 Å². The molecule has 0 aliphatic heterocycles. The second-order valence-electron chi connectivity index (χ2n) is 5.47. The van der Waals surface area contributed by atoms with E-state index in [0.717, 1.165) is 13.1 Å². The van der Waals surface area contributed by atoms with Crippen molar-refractivity contribution < 1.29 is 0 Å². The van der Waals surface area contributed by atoms with Crippen LogP contribution in [0.2, 0.25) is 0 Å². The zero-order chi connectivity index (χ0) is 13.9. The van der Waals surface area contributed by atoms with Gasteiger partial charge < -0.3 is 9.88 Å². The molecule has 0 aliphatic carbocycles. The van der Waals surface area contributed by atoms with Crippen molar-refractivity contribution in [1.29, 1.82) is 0 Å². The minimum Gasteiger partial charge on any atom is -0.343 e. The lowest BCUT2D eigenvalue weighted by atomic mass is 10.1. The minimum atomic E-state index is 0.508. The van der Waals surface area contributed by atoms with Gasteiger partial charge in [0.05, 0.1) is 0 Å². The lowest BCUT2D eigenvalue weighted by Gasteiger charge is -2.06. The summed E-state index contributed by atoms with van der Waals surface area (Å²) < 4.78 is 2.36. The van der Waals surface area contributed by atoms with E-state index in [1.54, 1.807) is 11.3 Å². The molecule has 0 amide bonds. The number of thiophene rings is 1. The zero-order valence-electron chi connectivity index (χ0n) is 12.0. The van der Waals surface area contributed by atoms with E-state index in [4.69, 9.17) is 0 Å². The molecular weight excluding hydrogens is 264 g/mol. The van der Waals surface area contributed by atoms with Crippen LogP contribution in [0.15, 0.2) is 47.3 Å². The monoisotopic (exact) mass is 284 g/mol. The summed E-state index contributed by atoms with van der Waals surface area (Å²) in [5.74, 6) is 0. The fourth-order valence-corrected chi connectivity index (χ4v) is 3.15. The normalized spacial score (nSPS) is 11.6. The van der Waals surface area contributed by atoms with E-state index in [2.05, 4.69) is 71.0 Å². The summed E-state index contributed by atoms with van der Waals surface area (Å²) >= 11 is 1.76. The molecule has 2 aromatic heterocycles. The Bertz CT molecular complexity index is 680. The number of rotatable bonds is 5. The number of hydrogen-bond donors (Lipinski definition) is 1. The molecule has 2 nitrogen and oxygen atoms in total. The maximum absolute atomic E-state index is 3.51. The fraction of sp³-hybridized carbons (Fsp3) is 0.294. The largest absolute Gasteiger partial charge is 0.343 e. The van der Waals surface area contributed by atoms with Crippen LogP contribution >= 0.6 is 11.3 Å². The first kappa shape index (κ1) is 13.4. The van der Waals surface area contributed by atoms with Crippen LogP contribution < -0.4 is 5.32 Å². The first-order chi connectivity index (χ1) is 9.74. The number of nitrogens with zero attached hydrogens (tertiary/aromatic N) is 1. The zero-order valence-corrected chi connectivity index (χ0v) is 12.8. The molecule has 1 aromatic carbocycles. The highest BCUT2D eigenvalue weighted by atomic mass is 32.1. The second kappa shape index (κ2) is 5.81. The third kappa shape index (κ3) is 2.79. The molecule has 0 atom stereocenters. The van der Waals surface area contributed by atoms with Gasteiger partial charge in [-0.2, -0.15) is 11.3 Å². The van der Waals surface area contributed by atoms with Crippen LogP contribution in [0, 0.1) is 0 Å². The summed E-state index contributed by atoms with van der Waals surface area (Å²) in [4.78, 5) is 0. The minimum absolute atomic E-state index is 0.508. The Morgan fingerprint density at radius 3 is 2.80 bits per heavy atom. The molecule has 0 saturated heterocycles. The van der Waals surface area contributed by atoms with Crippen LogP contribution in [0.5, 0.6) is 0 Å². The van der Waals surface area contributed by atoms with Crippen molar-refractivity contribution in [3.63, 3.8) is 0 Å².